The van der Waals surface area contributed by atoms with Gasteiger partial charge in [-0.3, -0.25) is 0 Å². The summed E-state index contributed by atoms with van der Waals surface area (Å²) in [6.07, 6.45) is 0. The summed E-state index contributed by atoms with van der Waals surface area (Å²) >= 11 is 12.1. The van der Waals surface area contributed by atoms with Gasteiger partial charge in [-0.15, -0.1) is 0 Å². The standard InChI is InChI=1S/C12H14Cl2N4/c1-3-18-12(11(15)7(2)17-18)16-10-6-8(13)4-5-9(10)14/h4-6,16H,3,15H2,1-2H3. The first-order valence-corrected chi connectivity index (χ1v) is 6.33. The predicted molar refractivity (Wildman–Crippen MR) is 76.8 cm³/mol. The second-order valence-electron chi connectivity index (χ2n) is 3.91. The van der Waals surface area contributed by atoms with Crippen LogP contribution in [0.1, 0.15) is 12.6 Å². The molecule has 0 aliphatic heterocycles. The number of hydrogen-bond acceptors (Lipinski definition) is 3. The number of hydrogen-bond donors (Lipinski definition) is 2. The molecule has 0 radical (unpaired) electrons. The van der Waals surface area contributed by atoms with Crippen LogP contribution in [-0.4, -0.2) is 9.78 Å². The summed E-state index contributed by atoms with van der Waals surface area (Å²) in [5.74, 6) is 0.735. The van der Waals surface area contributed by atoms with E-state index in [4.69, 9.17) is 28.9 Å². The first-order valence-electron chi connectivity index (χ1n) is 5.58. The van der Waals surface area contributed by atoms with Crippen LogP contribution in [0.15, 0.2) is 18.2 Å². The normalized spacial score (nSPS) is 10.7. The van der Waals surface area contributed by atoms with E-state index in [1.54, 1.807) is 22.9 Å². The zero-order valence-electron chi connectivity index (χ0n) is 10.2. The van der Waals surface area contributed by atoms with Crippen molar-refractivity contribution in [3.8, 4) is 0 Å². The number of nitrogens with two attached hydrogens (primary N) is 1. The Morgan fingerprint density at radius 1 is 1.39 bits per heavy atom. The van der Waals surface area contributed by atoms with E-state index in [2.05, 4.69) is 10.4 Å². The van der Waals surface area contributed by atoms with Crippen molar-refractivity contribution in [1.82, 2.24) is 9.78 Å². The first kappa shape index (κ1) is 13.1. The van der Waals surface area contributed by atoms with E-state index in [0.29, 0.717) is 21.4 Å². The van der Waals surface area contributed by atoms with Gasteiger partial charge in [-0.25, -0.2) is 4.68 Å². The Kier molecular flexibility index (Phi) is 3.68. The number of aryl methyl sites for hydroxylation is 2. The largest absolute Gasteiger partial charge is 0.394 e. The van der Waals surface area contributed by atoms with E-state index in [0.717, 1.165) is 18.1 Å². The molecule has 3 N–H and O–H groups in total. The summed E-state index contributed by atoms with van der Waals surface area (Å²) in [6, 6.07) is 5.23. The maximum absolute atomic E-state index is 6.11. The molecule has 0 spiro atoms. The molecule has 0 saturated heterocycles. The maximum atomic E-state index is 6.11. The zero-order chi connectivity index (χ0) is 13.3. The van der Waals surface area contributed by atoms with E-state index in [9.17, 15) is 0 Å². The summed E-state index contributed by atoms with van der Waals surface area (Å²) < 4.78 is 1.79. The van der Waals surface area contributed by atoms with Gasteiger partial charge in [0.25, 0.3) is 0 Å². The van der Waals surface area contributed by atoms with Gasteiger partial charge in [0.15, 0.2) is 5.82 Å². The van der Waals surface area contributed by atoms with Gasteiger partial charge < -0.3 is 11.1 Å². The summed E-state index contributed by atoms with van der Waals surface area (Å²) in [5.41, 5.74) is 8.11. The van der Waals surface area contributed by atoms with E-state index >= 15 is 0 Å². The van der Waals surface area contributed by atoms with Crippen LogP contribution in [0.25, 0.3) is 0 Å². The minimum absolute atomic E-state index is 0.584. The highest BCUT2D eigenvalue weighted by atomic mass is 35.5. The Morgan fingerprint density at radius 2 is 2.11 bits per heavy atom. The molecule has 6 heteroatoms. The van der Waals surface area contributed by atoms with Crippen LogP contribution < -0.4 is 11.1 Å². The second kappa shape index (κ2) is 5.08. The SMILES string of the molecule is CCn1nc(C)c(N)c1Nc1cc(Cl)ccc1Cl. The first-order chi connectivity index (χ1) is 8.52. The number of aromatic nitrogens is 2. The topological polar surface area (TPSA) is 55.9 Å². The van der Waals surface area contributed by atoms with Crippen molar-refractivity contribution in [3.63, 3.8) is 0 Å². The lowest BCUT2D eigenvalue weighted by molar-refractivity contribution is 0.661. The van der Waals surface area contributed by atoms with E-state index in [-0.39, 0.29) is 0 Å². The Balaban J connectivity index is 2.42. The van der Waals surface area contributed by atoms with Gasteiger partial charge in [0.1, 0.15) is 0 Å². The molecule has 2 aromatic rings. The molecule has 0 unspecified atom stereocenters. The van der Waals surface area contributed by atoms with Crippen LogP contribution in [0.5, 0.6) is 0 Å². The van der Waals surface area contributed by atoms with Crippen molar-refractivity contribution in [3.05, 3.63) is 33.9 Å². The zero-order valence-corrected chi connectivity index (χ0v) is 11.7. The van der Waals surface area contributed by atoms with Crippen molar-refractivity contribution in [2.24, 2.45) is 0 Å². The number of halogens is 2. The van der Waals surface area contributed by atoms with Gasteiger partial charge >= 0.3 is 0 Å². The molecular formula is C12H14Cl2N4. The molecule has 0 fully saturated rings. The Hall–Kier alpha value is -1.39. The fraction of sp³-hybridized carbons (Fsp3) is 0.250. The maximum Gasteiger partial charge on any atom is 0.152 e. The molecular weight excluding hydrogens is 271 g/mol. The number of nitrogen functional groups attached to an aromatic ring is 1. The monoisotopic (exact) mass is 284 g/mol. The molecule has 1 heterocycles. The minimum atomic E-state index is 0.584. The molecule has 0 bridgehead atoms. The number of benzene rings is 1. The molecule has 0 amide bonds. The molecule has 2 rings (SSSR count). The van der Waals surface area contributed by atoms with Gasteiger partial charge in [0.05, 0.1) is 22.1 Å². The lowest BCUT2D eigenvalue weighted by atomic mass is 10.3. The van der Waals surface area contributed by atoms with Crippen molar-refractivity contribution >= 4 is 40.4 Å². The van der Waals surface area contributed by atoms with E-state index in [1.165, 1.54) is 0 Å². The fourth-order valence-electron chi connectivity index (χ4n) is 1.68. The Morgan fingerprint density at radius 3 is 2.78 bits per heavy atom. The average Bonchev–Trinajstić information content (AvgIpc) is 2.61. The van der Waals surface area contributed by atoms with Crippen LogP contribution in [0.4, 0.5) is 17.2 Å². The van der Waals surface area contributed by atoms with Crippen LogP contribution in [-0.2, 0) is 6.54 Å². The van der Waals surface area contributed by atoms with Crippen molar-refractivity contribution in [2.45, 2.75) is 20.4 Å². The van der Waals surface area contributed by atoms with E-state index < -0.39 is 0 Å². The Bertz CT molecular complexity index is 578. The summed E-state index contributed by atoms with van der Waals surface area (Å²) in [6.45, 7) is 4.58. The van der Waals surface area contributed by atoms with Crippen LogP contribution in [0, 0.1) is 6.92 Å². The minimum Gasteiger partial charge on any atom is -0.394 e. The van der Waals surface area contributed by atoms with E-state index in [1.807, 2.05) is 13.8 Å². The van der Waals surface area contributed by atoms with Crippen LogP contribution >= 0.6 is 23.2 Å². The van der Waals surface area contributed by atoms with Gasteiger partial charge in [-0.2, -0.15) is 5.10 Å². The second-order valence-corrected chi connectivity index (χ2v) is 4.76. The molecule has 1 aromatic heterocycles. The van der Waals surface area contributed by atoms with Crippen molar-refractivity contribution in [1.29, 1.82) is 0 Å². The Labute approximate surface area is 116 Å². The quantitative estimate of drug-likeness (QED) is 0.900. The lowest BCUT2D eigenvalue weighted by Gasteiger charge is -2.11. The molecule has 1 aromatic carbocycles. The highest BCUT2D eigenvalue weighted by Crippen LogP contribution is 2.31. The third-order valence-electron chi connectivity index (χ3n) is 2.65. The molecule has 4 nitrogen and oxygen atoms in total. The molecule has 0 atom stereocenters. The van der Waals surface area contributed by atoms with Gasteiger partial charge in [0.2, 0.25) is 0 Å². The predicted octanol–water partition coefficient (Wildman–Crippen LogP) is 3.84. The third kappa shape index (κ3) is 2.40. The molecule has 96 valence electrons. The van der Waals surface area contributed by atoms with Gasteiger partial charge in [-0.1, -0.05) is 23.2 Å². The van der Waals surface area contributed by atoms with Gasteiger partial charge in [-0.05, 0) is 32.0 Å². The number of nitrogens with zero attached hydrogens (tertiary/aromatic N) is 2. The highest BCUT2D eigenvalue weighted by Gasteiger charge is 2.13. The van der Waals surface area contributed by atoms with Crippen molar-refractivity contribution < 1.29 is 0 Å². The summed E-state index contributed by atoms with van der Waals surface area (Å²) in [4.78, 5) is 0. The summed E-state index contributed by atoms with van der Waals surface area (Å²) in [5, 5.41) is 8.71. The molecule has 18 heavy (non-hydrogen) atoms. The smallest absolute Gasteiger partial charge is 0.152 e. The fourth-order valence-corrected chi connectivity index (χ4v) is 2.01. The molecule has 0 saturated carbocycles. The van der Waals surface area contributed by atoms with Crippen molar-refractivity contribution in [2.75, 3.05) is 11.1 Å². The third-order valence-corrected chi connectivity index (χ3v) is 3.22. The molecule has 0 aliphatic carbocycles. The lowest BCUT2D eigenvalue weighted by Crippen LogP contribution is -2.04. The number of nitrogens with one attached hydrogen (secondary N) is 1. The highest BCUT2D eigenvalue weighted by molar-refractivity contribution is 6.35. The van der Waals surface area contributed by atoms with Crippen LogP contribution in [0.2, 0.25) is 10.0 Å². The van der Waals surface area contributed by atoms with Gasteiger partial charge in [0, 0.05) is 11.6 Å². The molecule has 0 aliphatic rings. The summed E-state index contributed by atoms with van der Waals surface area (Å²) in [7, 11) is 0. The average molecular weight is 285 g/mol. The van der Waals surface area contributed by atoms with Crippen LogP contribution in [0.3, 0.4) is 0 Å². The number of rotatable bonds is 3. The number of anilines is 3.